The number of carbonyl (C=O) groups excluding carboxylic acids is 2. The number of hydrogen-bond acceptors (Lipinski definition) is 6. The zero-order valence-corrected chi connectivity index (χ0v) is 17.3. The summed E-state index contributed by atoms with van der Waals surface area (Å²) in [7, 11) is 0. The van der Waals surface area contributed by atoms with E-state index in [9.17, 15) is 14.0 Å². The molecule has 11 heteroatoms. The number of ether oxygens (including phenoxy) is 1. The van der Waals surface area contributed by atoms with E-state index >= 15 is 0 Å². The fourth-order valence-corrected chi connectivity index (χ4v) is 3.09. The van der Waals surface area contributed by atoms with E-state index in [1.165, 1.54) is 35.0 Å². The molecule has 0 unspecified atom stereocenters. The third-order valence-electron chi connectivity index (χ3n) is 4.15. The first kappa shape index (κ1) is 20.4. The monoisotopic (exact) mass is 484 g/mol. The Bertz CT molecular complexity index is 1310. The van der Waals surface area contributed by atoms with E-state index in [4.69, 9.17) is 10.5 Å². The van der Waals surface area contributed by atoms with Gasteiger partial charge in [-0.15, -0.1) is 5.10 Å². The Labute approximate surface area is 183 Å². The maximum Gasteiger partial charge on any atom is 0.254 e. The van der Waals surface area contributed by atoms with Crippen molar-refractivity contribution in [2.24, 2.45) is 5.73 Å². The van der Waals surface area contributed by atoms with Gasteiger partial charge in [-0.25, -0.2) is 13.9 Å². The van der Waals surface area contributed by atoms with Gasteiger partial charge in [-0.3, -0.25) is 14.9 Å². The first-order chi connectivity index (χ1) is 14.9. The van der Waals surface area contributed by atoms with Gasteiger partial charge < -0.3 is 10.5 Å². The summed E-state index contributed by atoms with van der Waals surface area (Å²) in [5.41, 5.74) is 6.27. The van der Waals surface area contributed by atoms with Gasteiger partial charge in [0.05, 0.1) is 6.42 Å². The van der Waals surface area contributed by atoms with Gasteiger partial charge in [-0.2, -0.15) is 4.98 Å². The minimum atomic E-state index is -0.746. The van der Waals surface area contributed by atoms with E-state index < -0.39 is 17.6 Å². The molecule has 156 valence electrons. The number of hydrogen-bond donors (Lipinski definition) is 2. The highest BCUT2D eigenvalue weighted by molar-refractivity contribution is 9.10. The Morgan fingerprint density at radius 2 is 2.06 bits per heavy atom. The summed E-state index contributed by atoms with van der Waals surface area (Å²) in [6.45, 7) is 0. The van der Waals surface area contributed by atoms with Gasteiger partial charge in [0.2, 0.25) is 17.7 Å². The zero-order chi connectivity index (χ0) is 22.0. The third-order valence-corrected chi connectivity index (χ3v) is 4.62. The van der Waals surface area contributed by atoms with Crippen molar-refractivity contribution in [3.05, 3.63) is 76.3 Å². The lowest BCUT2D eigenvalue weighted by molar-refractivity contribution is -0.115. The van der Waals surface area contributed by atoms with Gasteiger partial charge in [-0.1, -0.05) is 6.07 Å². The number of amides is 2. The minimum absolute atomic E-state index is 0.0253. The molecule has 4 aromatic rings. The topological polar surface area (TPSA) is 124 Å². The summed E-state index contributed by atoms with van der Waals surface area (Å²) in [5, 5.41) is 6.74. The largest absolute Gasteiger partial charge is 0.435 e. The molecule has 3 N–H and O–H groups in total. The predicted octanol–water partition coefficient (Wildman–Crippen LogP) is 3.10. The summed E-state index contributed by atoms with van der Waals surface area (Å²) in [4.78, 5) is 31.9. The average molecular weight is 485 g/mol. The lowest BCUT2D eigenvalue weighted by Gasteiger charge is -2.09. The molecule has 9 nitrogen and oxygen atoms in total. The van der Waals surface area contributed by atoms with Gasteiger partial charge in [-0.05, 0) is 57.9 Å². The summed E-state index contributed by atoms with van der Waals surface area (Å²) in [6.07, 6.45) is 2.99. The van der Waals surface area contributed by atoms with E-state index in [0.29, 0.717) is 11.2 Å². The molecular formula is C20H14BrFN6O3. The number of aromatic nitrogens is 4. The van der Waals surface area contributed by atoms with Gasteiger partial charge >= 0.3 is 0 Å². The molecule has 2 amide bonds. The highest BCUT2D eigenvalue weighted by atomic mass is 79.9. The maximum absolute atomic E-state index is 14.5. The number of halogens is 2. The maximum atomic E-state index is 14.5. The lowest BCUT2D eigenvalue weighted by Crippen LogP contribution is -2.15. The molecule has 0 radical (unpaired) electrons. The molecule has 0 atom stereocenters. The molecule has 0 spiro atoms. The van der Waals surface area contributed by atoms with Crippen LogP contribution in [0.1, 0.15) is 15.9 Å². The van der Waals surface area contributed by atoms with E-state index in [0.717, 1.165) is 10.5 Å². The quantitative estimate of drug-likeness (QED) is 0.433. The second-order valence-corrected chi connectivity index (χ2v) is 7.31. The Morgan fingerprint density at radius 3 is 2.84 bits per heavy atom. The number of pyridine rings is 2. The van der Waals surface area contributed by atoms with E-state index in [1.807, 2.05) is 0 Å². The van der Waals surface area contributed by atoms with Crippen LogP contribution in [-0.4, -0.2) is 31.4 Å². The molecule has 0 saturated heterocycles. The highest BCUT2D eigenvalue weighted by Crippen LogP contribution is 2.26. The molecule has 0 bridgehead atoms. The van der Waals surface area contributed by atoms with Gasteiger partial charge in [0.1, 0.15) is 5.56 Å². The van der Waals surface area contributed by atoms with Crippen molar-refractivity contribution in [2.45, 2.75) is 6.42 Å². The van der Waals surface area contributed by atoms with Crippen LogP contribution in [-0.2, 0) is 11.2 Å². The molecule has 1 aromatic carbocycles. The fourth-order valence-electron chi connectivity index (χ4n) is 2.77. The van der Waals surface area contributed by atoms with Crippen LogP contribution in [0.2, 0.25) is 0 Å². The smallest absolute Gasteiger partial charge is 0.254 e. The summed E-state index contributed by atoms with van der Waals surface area (Å²) >= 11 is 3.33. The number of nitrogens with two attached hydrogens (primary N) is 1. The number of anilines is 1. The SMILES string of the molecule is NC(=O)c1cccnc1Oc1ccc(CC(=O)Nc2nc3ccc(Br)cn3n2)cc1F. The molecule has 3 aromatic heterocycles. The van der Waals surface area contributed by atoms with Crippen LogP contribution in [0.5, 0.6) is 11.6 Å². The van der Waals surface area contributed by atoms with Crippen molar-refractivity contribution in [2.75, 3.05) is 5.32 Å². The van der Waals surface area contributed by atoms with Crippen LogP contribution in [0.3, 0.4) is 0 Å². The van der Waals surface area contributed by atoms with E-state index in [-0.39, 0.29) is 29.6 Å². The molecule has 0 aliphatic heterocycles. The number of primary amides is 1. The molecule has 0 saturated carbocycles. The van der Waals surface area contributed by atoms with Crippen LogP contribution >= 0.6 is 15.9 Å². The van der Waals surface area contributed by atoms with Gasteiger partial charge in [0.15, 0.2) is 17.2 Å². The molecule has 4 rings (SSSR count). The zero-order valence-electron chi connectivity index (χ0n) is 15.8. The normalized spacial score (nSPS) is 10.8. The van der Waals surface area contributed by atoms with Crippen LogP contribution < -0.4 is 15.8 Å². The Balaban J connectivity index is 1.45. The second kappa shape index (κ2) is 8.48. The highest BCUT2D eigenvalue weighted by Gasteiger charge is 2.15. The van der Waals surface area contributed by atoms with Gasteiger partial charge in [0, 0.05) is 16.9 Å². The summed E-state index contributed by atoms with van der Waals surface area (Å²) < 4.78 is 22.2. The van der Waals surface area contributed by atoms with Crippen LogP contribution in [0.25, 0.3) is 5.65 Å². The molecular weight excluding hydrogens is 471 g/mol. The van der Waals surface area contributed by atoms with Crippen molar-refractivity contribution in [1.82, 2.24) is 19.6 Å². The number of rotatable bonds is 6. The molecule has 31 heavy (non-hydrogen) atoms. The number of benzene rings is 1. The number of nitrogens with one attached hydrogen (secondary N) is 1. The fraction of sp³-hybridized carbons (Fsp3) is 0.0500. The number of carbonyl (C=O) groups is 2. The summed E-state index contributed by atoms with van der Waals surface area (Å²) in [6, 6.07) is 10.5. The van der Waals surface area contributed by atoms with Crippen LogP contribution in [0, 0.1) is 5.82 Å². The van der Waals surface area contributed by atoms with Crippen molar-refractivity contribution in [3.63, 3.8) is 0 Å². The first-order valence-corrected chi connectivity index (χ1v) is 9.71. The lowest BCUT2D eigenvalue weighted by atomic mass is 10.1. The first-order valence-electron chi connectivity index (χ1n) is 8.92. The average Bonchev–Trinajstić information content (AvgIpc) is 3.11. The second-order valence-electron chi connectivity index (χ2n) is 6.40. The van der Waals surface area contributed by atoms with Crippen molar-refractivity contribution >= 4 is 39.3 Å². The van der Waals surface area contributed by atoms with E-state index in [2.05, 4.69) is 36.3 Å². The molecule has 0 aliphatic carbocycles. The standard InChI is InChI=1S/C20H14BrFN6O3/c21-12-4-6-16-25-20(27-28(16)10-12)26-17(29)9-11-3-5-15(14(22)8-11)31-19-13(18(23)30)2-1-7-24-19/h1-8,10H,9H2,(H2,23,30)(H,26,27,29). The Kier molecular flexibility index (Phi) is 5.58. The summed E-state index contributed by atoms with van der Waals surface area (Å²) in [5.74, 6) is -2.00. The van der Waals surface area contributed by atoms with Crippen molar-refractivity contribution < 1.29 is 18.7 Å². The number of fused-ring (bicyclic) bond motifs is 1. The molecule has 3 heterocycles. The van der Waals surface area contributed by atoms with Gasteiger partial charge in [0.25, 0.3) is 5.91 Å². The predicted molar refractivity (Wildman–Crippen MR) is 112 cm³/mol. The van der Waals surface area contributed by atoms with Crippen molar-refractivity contribution in [1.29, 1.82) is 0 Å². The van der Waals surface area contributed by atoms with Crippen molar-refractivity contribution in [3.8, 4) is 11.6 Å². The Morgan fingerprint density at radius 1 is 1.23 bits per heavy atom. The van der Waals surface area contributed by atoms with E-state index in [1.54, 1.807) is 18.3 Å². The Hall–Kier alpha value is -3.86. The molecule has 0 fully saturated rings. The van der Waals surface area contributed by atoms with Crippen LogP contribution in [0.4, 0.5) is 10.3 Å². The van der Waals surface area contributed by atoms with Crippen LogP contribution in [0.15, 0.2) is 59.3 Å². The number of nitrogens with zero attached hydrogens (tertiary/aromatic N) is 4. The minimum Gasteiger partial charge on any atom is -0.435 e. The molecule has 0 aliphatic rings. The third kappa shape index (κ3) is 4.67.